The van der Waals surface area contributed by atoms with Crippen molar-refractivity contribution in [2.45, 2.75) is 39.3 Å². The second-order valence-corrected chi connectivity index (χ2v) is 5.09. The van der Waals surface area contributed by atoms with E-state index in [1.165, 1.54) is 11.8 Å². The van der Waals surface area contributed by atoms with Crippen molar-refractivity contribution < 1.29 is 4.79 Å². The van der Waals surface area contributed by atoms with Gasteiger partial charge in [-0.15, -0.1) is 0 Å². The molecule has 5 nitrogen and oxygen atoms in total. The third-order valence-corrected chi connectivity index (χ3v) is 2.14. The molecule has 0 rings (SSSR count). The Balaban J connectivity index is 4.50. The number of amidine groups is 1. The third kappa shape index (κ3) is 6.30. The first-order valence-electron chi connectivity index (χ1n) is 4.89. The molecular weight excluding hydrogens is 224 g/mol. The maximum absolute atomic E-state index is 11.7. The van der Waals surface area contributed by atoms with E-state index >= 15 is 0 Å². The third-order valence-electron chi connectivity index (χ3n) is 1.54. The lowest BCUT2D eigenvalue weighted by Crippen LogP contribution is -2.44. The molecule has 0 aliphatic rings. The molecule has 0 aliphatic heterocycles. The Morgan fingerprint density at radius 3 is 2.44 bits per heavy atom. The van der Waals surface area contributed by atoms with Crippen LogP contribution in [0.15, 0.2) is 4.99 Å². The van der Waals surface area contributed by atoms with Gasteiger partial charge in [-0.25, -0.2) is 4.99 Å². The number of hydrogen-bond donors (Lipinski definition) is 2. The van der Waals surface area contributed by atoms with E-state index in [1.807, 2.05) is 20.8 Å². The summed E-state index contributed by atoms with van der Waals surface area (Å²) in [5.74, 6) is -0.154. The summed E-state index contributed by atoms with van der Waals surface area (Å²) >= 11 is 1.29. The number of amides is 1. The standard InChI is InChI=1S/C10H18N4OS/c1-7(8(15)14-10(2,3)4)13-9(16-5)12-6-11/h7H,1-5H3,(H,12,13)(H,14,15). The summed E-state index contributed by atoms with van der Waals surface area (Å²) in [6.45, 7) is 7.41. The molecule has 0 bridgehead atoms. The van der Waals surface area contributed by atoms with Gasteiger partial charge in [-0.1, -0.05) is 11.8 Å². The Morgan fingerprint density at radius 2 is 2.06 bits per heavy atom. The van der Waals surface area contributed by atoms with E-state index in [-0.39, 0.29) is 11.4 Å². The van der Waals surface area contributed by atoms with Crippen molar-refractivity contribution in [2.24, 2.45) is 4.99 Å². The van der Waals surface area contributed by atoms with Crippen molar-refractivity contribution in [1.29, 1.82) is 5.26 Å². The number of nitrogens with one attached hydrogen (secondary N) is 2. The van der Waals surface area contributed by atoms with Crippen LogP contribution in [-0.4, -0.2) is 28.9 Å². The highest BCUT2D eigenvalue weighted by molar-refractivity contribution is 8.13. The minimum Gasteiger partial charge on any atom is -0.350 e. The second-order valence-electron chi connectivity index (χ2n) is 4.29. The Hall–Kier alpha value is -1.22. The highest BCUT2D eigenvalue weighted by Crippen LogP contribution is 2.03. The number of carbonyl (C=O) groups is 1. The van der Waals surface area contributed by atoms with Crippen LogP contribution >= 0.6 is 11.8 Å². The quantitative estimate of drug-likeness (QED) is 0.329. The van der Waals surface area contributed by atoms with Crippen LogP contribution in [0.4, 0.5) is 0 Å². The van der Waals surface area contributed by atoms with E-state index in [1.54, 1.807) is 19.4 Å². The molecular formula is C10H18N4OS. The Bertz CT molecular complexity index is 314. The lowest BCUT2D eigenvalue weighted by molar-refractivity contribution is -0.123. The largest absolute Gasteiger partial charge is 0.350 e. The van der Waals surface area contributed by atoms with Gasteiger partial charge < -0.3 is 5.32 Å². The van der Waals surface area contributed by atoms with E-state index in [4.69, 9.17) is 5.26 Å². The minimum atomic E-state index is -0.512. The summed E-state index contributed by atoms with van der Waals surface area (Å²) in [5, 5.41) is 14.1. The Kier molecular flexibility index (Phi) is 5.89. The van der Waals surface area contributed by atoms with Gasteiger partial charge in [-0.2, -0.15) is 5.26 Å². The molecule has 0 fully saturated rings. The number of hydrogen-bond acceptors (Lipinski definition) is 4. The predicted octanol–water partition coefficient (Wildman–Crippen LogP) is 1.08. The number of thioether (sulfide) groups is 1. The van der Waals surface area contributed by atoms with Crippen LogP contribution in [0.5, 0.6) is 0 Å². The Morgan fingerprint density at radius 1 is 1.50 bits per heavy atom. The summed E-state index contributed by atoms with van der Waals surface area (Å²) in [4.78, 5) is 15.8. The van der Waals surface area contributed by atoms with Crippen molar-refractivity contribution in [3.05, 3.63) is 0 Å². The molecule has 0 saturated carbocycles. The van der Waals surface area contributed by atoms with Gasteiger partial charge in [0, 0.05) is 5.54 Å². The fourth-order valence-electron chi connectivity index (χ4n) is 0.892. The molecule has 0 heterocycles. The topological polar surface area (TPSA) is 77.3 Å². The SMILES string of the molecule is CSC(=NC(C)C(=O)NC(C)(C)C)NC#N. The highest BCUT2D eigenvalue weighted by Gasteiger charge is 2.18. The molecule has 90 valence electrons. The van der Waals surface area contributed by atoms with Gasteiger partial charge in [0.25, 0.3) is 0 Å². The van der Waals surface area contributed by atoms with Crippen molar-refractivity contribution in [3.8, 4) is 6.19 Å². The average Bonchev–Trinajstić information content (AvgIpc) is 2.14. The van der Waals surface area contributed by atoms with Crippen LogP contribution in [0.1, 0.15) is 27.7 Å². The van der Waals surface area contributed by atoms with Gasteiger partial charge >= 0.3 is 0 Å². The van der Waals surface area contributed by atoms with Crippen molar-refractivity contribution in [3.63, 3.8) is 0 Å². The smallest absolute Gasteiger partial charge is 0.245 e. The van der Waals surface area contributed by atoms with Crippen LogP contribution in [0.3, 0.4) is 0 Å². The summed E-state index contributed by atoms with van der Waals surface area (Å²) in [6, 6.07) is -0.512. The maximum atomic E-state index is 11.7. The second kappa shape index (κ2) is 6.38. The molecule has 2 N–H and O–H groups in total. The fourth-order valence-corrected chi connectivity index (χ4v) is 1.30. The van der Waals surface area contributed by atoms with Crippen LogP contribution in [0, 0.1) is 11.5 Å². The summed E-state index contributed by atoms with van der Waals surface area (Å²) < 4.78 is 0. The molecule has 0 aromatic rings. The fraction of sp³-hybridized carbons (Fsp3) is 0.700. The number of nitriles is 1. The van der Waals surface area contributed by atoms with E-state index < -0.39 is 6.04 Å². The molecule has 0 radical (unpaired) electrons. The maximum Gasteiger partial charge on any atom is 0.245 e. The molecule has 0 aromatic heterocycles. The van der Waals surface area contributed by atoms with Gasteiger partial charge in [-0.05, 0) is 34.0 Å². The van der Waals surface area contributed by atoms with Crippen molar-refractivity contribution in [1.82, 2.24) is 10.6 Å². The molecule has 1 amide bonds. The van der Waals surface area contributed by atoms with Gasteiger partial charge in [0.2, 0.25) is 5.91 Å². The van der Waals surface area contributed by atoms with E-state index in [2.05, 4.69) is 15.6 Å². The van der Waals surface area contributed by atoms with Gasteiger partial charge in [0.1, 0.15) is 6.04 Å². The molecule has 0 aliphatic carbocycles. The van der Waals surface area contributed by atoms with Crippen LogP contribution in [-0.2, 0) is 4.79 Å². The Labute approximate surface area is 101 Å². The van der Waals surface area contributed by atoms with Crippen LogP contribution in [0.2, 0.25) is 0 Å². The first-order chi connectivity index (χ1) is 7.30. The summed E-state index contributed by atoms with van der Waals surface area (Å²) in [5.41, 5.74) is -0.275. The molecule has 1 unspecified atom stereocenters. The zero-order valence-electron chi connectivity index (χ0n) is 10.3. The highest BCUT2D eigenvalue weighted by atomic mass is 32.2. The molecule has 0 aromatic carbocycles. The van der Waals surface area contributed by atoms with Crippen molar-refractivity contribution >= 4 is 22.8 Å². The van der Waals surface area contributed by atoms with Gasteiger partial charge in [0.15, 0.2) is 11.4 Å². The summed E-state index contributed by atoms with van der Waals surface area (Å²) in [7, 11) is 0. The van der Waals surface area contributed by atoms with Gasteiger partial charge in [-0.3, -0.25) is 10.1 Å². The number of aliphatic imine (C=N–C) groups is 1. The van der Waals surface area contributed by atoms with Gasteiger partial charge in [0.05, 0.1) is 0 Å². The molecule has 16 heavy (non-hydrogen) atoms. The number of nitrogens with zero attached hydrogens (tertiary/aromatic N) is 2. The minimum absolute atomic E-state index is 0.154. The first kappa shape index (κ1) is 14.8. The number of rotatable bonds is 2. The normalized spacial score (nSPS) is 13.9. The first-order valence-corrected chi connectivity index (χ1v) is 6.11. The predicted molar refractivity (Wildman–Crippen MR) is 67.1 cm³/mol. The molecule has 0 saturated heterocycles. The van der Waals surface area contributed by atoms with Crippen LogP contribution < -0.4 is 10.6 Å². The average molecular weight is 242 g/mol. The molecule has 1 atom stereocenters. The number of carbonyl (C=O) groups excluding carboxylic acids is 1. The van der Waals surface area contributed by atoms with E-state index in [0.717, 1.165) is 0 Å². The van der Waals surface area contributed by atoms with Crippen LogP contribution in [0.25, 0.3) is 0 Å². The van der Waals surface area contributed by atoms with Crippen molar-refractivity contribution in [2.75, 3.05) is 6.26 Å². The monoisotopic (exact) mass is 242 g/mol. The zero-order chi connectivity index (χ0) is 12.8. The van der Waals surface area contributed by atoms with E-state index in [0.29, 0.717) is 5.17 Å². The summed E-state index contributed by atoms with van der Waals surface area (Å²) in [6.07, 6.45) is 3.57. The zero-order valence-corrected chi connectivity index (χ0v) is 11.1. The lowest BCUT2D eigenvalue weighted by Gasteiger charge is -2.22. The molecule has 6 heteroatoms. The lowest BCUT2D eigenvalue weighted by atomic mass is 10.1. The molecule has 0 spiro atoms. The van der Waals surface area contributed by atoms with E-state index in [9.17, 15) is 4.79 Å².